The fourth-order valence-electron chi connectivity index (χ4n) is 2.05. The summed E-state index contributed by atoms with van der Waals surface area (Å²) in [6, 6.07) is 10.8. The zero-order valence-electron chi connectivity index (χ0n) is 12.0. The first-order valence-corrected chi connectivity index (χ1v) is 9.52. The molecule has 5 nitrogen and oxygen atoms in total. The van der Waals surface area contributed by atoms with E-state index in [4.69, 9.17) is 0 Å². The second kappa shape index (κ2) is 7.13. The fraction of sp³-hybridized carbons (Fsp3) is 0.267. The Bertz CT molecular complexity index is 774. The topological polar surface area (TPSA) is 86.3 Å². The third-order valence-electron chi connectivity index (χ3n) is 3.22. The zero-order valence-corrected chi connectivity index (χ0v) is 13.6. The molecule has 0 aliphatic carbocycles. The molecule has 2 aromatic rings. The molecule has 0 saturated carbocycles. The average Bonchev–Trinajstić information content (AvgIpc) is 2.50. The Hall–Kier alpha value is -1.57. The molecule has 0 aliphatic heterocycles. The number of carbonyl (C=O) groups excluding carboxylic acids is 1. The zero-order chi connectivity index (χ0) is 16.2. The number of hydrogen-bond donors (Lipinski definition) is 1. The number of fused-ring (bicyclic) bond motifs is 1. The van der Waals surface area contributed by atoms with Crippen LogP contribution in [0, 0.1) is 0 Å². The number of aliphatic carboxylic acids is 1. The molecular formula is C15H16NO4S2-. The number of carboxylic acids is 1. The van der Waals surface area contributed by atoms with Gasteiger partial charge in [0, 0.05) is 0 Å². The lowest BCUT2D eigenvalue weighted by Crippen LogP contribution is -2.48. The van der Waals surface area contributed by atoms with E-state index in [-0.39, 0.29) is 11.3 Å². The van der Waals surface area contributed by atoms with E-state index in [2.05, 4.69) is 4.72 Å². The van der Waals surface area contributed by atoms with Crippen LogP contribution >= 0.6 is 11.8 Å². The highest BCUT2D eigenvalue weighted by atomic mass is 32.2. The number of thioether (sulfide) groups is 1. The summed E-state index contributed by atoms with van der Waals surface area (Å²) in [7, 11) is -3.91. The molecule has 0 bridgehead atoms. The van der Waals surface area contributed by atoms with Gasteiger partial charge in [-0.3, -0.25) is 0 Å². The number of hydrogen-bond acceptors (Lipinski definition) is 5. The molecule has 0 aliphatic rings. The molecule has 0 amide bonds. The van der Waals surface area contributed by atoms with Crippen molar-refractivity contribution in [1.29, 1.82) is 0 Å². The van der Waals surface area contributed by atoms with Gasteiger partial charge in [-0.05, 0) is 41.3 Å². The number of benzene rings is 2. The minimum absolute atomic E-state index is 0.0431. The monoisotopic (exact) mass is 338 g/mol. The summed E-state index contributed by atoms with van der Waals surface area (Å²) < 4.78 is 26.9. The lowest BCUT2D eigenvalue weighted by molar-refractivity contribution is -0.308. The van der Waals surface area contributed by atoms with Gasteiger partial charge in [0.2, 0.25) is 10.0 Å². The predicted octanol–water partition coefficient (Wildman–Crippen LogP) is 0.990. The van der Waals surface area contributed by atoms with E-state index >= 15 is 0 Å². The maximum atomic E-state index is 12.3. The lowest BCUT2D eigenvalue weighted by atomic mass is 10.1. The van der Waals surface area contributed by atoms with Gasteiger partial charge in [-0.2, -0.15) is 11.8 Å². The van der Waals surface area contributed by atoms with Gasteiger partial charge >= 0.3 is 0 Å². The Morgan fingerprint density at radius 1 is 1.23 bits per heavy atom. The Balaban J connectivity index is 2.28. The quantitative estimate of drug-likeness (QED) is 0.813. The summed E-state index contributed by atoms with van der Waals surface area (Å²) in [5.74, 6) is -0.891. The van der Waals surface area contributed by atoms with Crippen LogP contribution in [0.4, 0.5) is 0 Å². The highest BCUT2D eigenvalue weighted by Gasteiger charge is 2.21. The van der Waals surface area contributed by atoms with E-state index in [1.807, 2.05) is 24.5 Å². The molecule has 1 atom stereocenters. The van der Waals surface area contributed by atoms with Crippen molar-refractivity contribution in [2.24, 2.45) is 0 Å². The third kappa shape index (κ3) is 4.00. The Labute approximate surface area is 133 Å². The molecule has 7 heteroatoms. The molecule has 2 aromatic carbocycles. The van der Waals surface area contributed by atoms with Crippen LogP contribution in [-0.2, 0) is 14.8 Å². The highest BCUT2D eigenvalue weighted by molar-refractivity contribution is 7.98. The second-order valence-corrected chi connectivity index (χ2v) is 7.48. The number of carbonyl (C=O) groups is 1. The highest BCUT2D eigenvalue weighted by Crippen LogP contribution is 2.19. The van der Waals surface area contributed by atoms with Gasteiger partial charge in [0.25, 0.3) is 0 Å². The van der Waals surface area contributed by atoms with Crippen LogP contribution in [0.2, 0.25) is 0 Å². The normalized spacial score (nSPS) is 13.1. The summed E-state index contributed by atoms with van der Waals surface area (Å²) in [5, 5.41) is 12.8. The van der Waals surface area contributed by atoms with Crippen molar-refractivity contribution in [3.8, 4) is 0 Å². The van der Waals surface area contributed by atoms with Crippen molar-refractivity contribution in [3.05, 3.63) is 42.5 Å². The van der Waals surface area contributed by atoms with Gasteiger partial charge in [0.1, 0.15) is 0 Å². The Kier molecular flexibility index (Phi) is 5.44. The first-order valence-electron chi connectivity index (χ1n) is 6.65. The van der Waals surface area contributed by atoms with Crippen LogP contribution < -0.4 is 9.83 Å². The van der Waals surface area contributed by atoms with E-state index in [0.717, 1.165) is 10.8 Å². The molecule has 1 N–H and O–H groups in total. The molecule has 0 saturated heterocycles. The first-order chi connectivity index (χ1) is 10.4. The van der Waals surface area contributed by atoms with Gasteiger partial charge in [0.05, 0.1) is 16.9 Å². The Morgan fingerprint density at radius 3 is 2.55 bits per heavy atom. The van der Waals surface area contributed by atoms with Crippen LogP contribution in [0.15, 0.2) is 47.4 Å². The van der Waals surface area contributed by atoms with Crippen molar-refractivity contribution in [2.45, 2.75) is 17.4 Å². The van der Waals surface area contributed by atoms with Crippen LogP contribution in [0.1, 0.15) is 6.42 Å². The molecule has 0 spiro atoms. The molecule has 0 heterocycles. The fourth-order valence-corrected chi connectivity index (χ4v) is 3.78. The van der Waals surface area contributed by atoms with E-state index < -0.39 is 22.0 Å². The van der Waals surface area contributed by atoms with Crippen LogP contribution in [0.5, 0.6) is 0 Å². The van der Waals surface area contributed by atoms with E-state index in [1.165, 1.54) is 23.9 Å². The molecule has 118 valence electrons. The summed E-state index contributed by atoms with van der Waals surface area (Å²) in [4.78, 5) is 11.1. The molecule has 0 fully saturated rings. The first kappa shape index (κ1) is 16.8. The number of nitrogens with one attached hydrogen (secondary N) is 1. The lowest BCUT2D eigenvalue weighted by Gasteiger charge is -2.19. The maximum absolute atomic E-state index is 12.3. The number of sulfonamides is 1. The van der Waals surface area contributed by atoms with Gasteiger partial charge in [-0.1, -0.05) is 30.3 Å². The number of carboxylic acid groups (broad SMARTS) is 1. The van der Waals surface area contributed by atoms with Crippen molar-refractivity contribution < 1.29 is 18.3 Å². The molecule has 0 radical (unpaired) electrons. The minimum atomic E-state index is -3.91. The average molecular weight is 338 g/mol. The van der Waals surface area contributed by atoms with Crippen molar-refractivity contribution in [2.75, 3.05) is 12.0 Å². The van der Waals surface area contributed by atoms with Gasteiger partial charge in [-0.25, -0.2) is 13.1 Å². The minimum Gasteiger partial charge on any atom is -0.548 e. The van der Waals surface area contributed by atoms with Crippen molar-refractivity contribution >= 4 is 38.5 Å². The van der Waals surface area contributed by atoms with Gasteiger partial charge in [0.15, 0.2) is 0 Å². The number of rotatable bonds is 7. The smallest absolute Gasteiger partial charge is 0.241 e. The Morgan fingerprint density at radius 2 is 1.91 bits per heavy atom. The van der Waals surface area contributed by atoms with Crippen LogP contribution in [0.25, 0.3) is 10.8 Å². The van der Waals surface area contributed by atoms with E-state index in [1.54, 1.807) is 12.1 Å². The van der Waals surface area contributed by atoms with E-state index in [0.29, 0.717) is 5.75 Å². The van der Waals surface area contributed by atoms with E-state index in [9.17, 15) is 18.3 Å². The molecule has 0 unspecified atom stereocenters. The second-order valence-electron chi connectivity index (χ2n) is 4.78. The van der Waals surface area contributed by atoms with Gasteiger partial charge in [-0.15, -0.1) is 0 Å². The summed E-state index contributed by atoms with van der Waals surface area (Å²) in [5.41, 5.74) is 0. The molecule has 2 rings (SSSR count). The summed E-state index contributed by atoms with van der Waals surface area (Å²) in [6.07, 6.45) is 2.00. The molecule has 0 aromatic heterocycles. The summed E-state index contributed by atoms with van der Waals surface area (Å²) in [6.45, 7) is 0. The predicted molar refractivity (Wildman–Crippen MR) is 86.1 cm³/mol. The third-order valence-corrected chi connectivity index (χ3v) is 5.34. The maximum Gasteiger partial charge on any atom is 0.241 e. The van der Waals surface area contributed by atoms with Crippen LogP contribution in [-0.4, -0.2) is 32.4 Å². The standard InChI is InChI=1S/C15H17NO4S2/c1-21-9-8-14(15(17)18)16-22(19,20)13-7-6-11-4-2-3-5-12(11)10-13/h2-7,10,14,16H,8-9H2,1H3,(H,17,18)/p-1/t14-/m1/s1. The molecule has 22 heavy (non-hydrogen) atoms. The van der Waals surface area contributed by atoms with Crippen molar-refractivity contribution in [3.63, 3.8) is 0 Å². The largest absolute Gasteiger partial charge is 0.548 e. The van der Waals surface area contributed by atoms with Crippen LogP contribution in [0.3, 0.4) is 0 Å². The van der Waals surface area contributed by atoms with Gasteiger partial charge < -0.3 is 9.90 Å². The van der Waals surface area contributed by atoms with Crippen molar-refractivity contribution in [1.82, 2.24) is 4.72 Å². The molecular weight excluding hydrogens is 322 g/mol. The summed E-state index contributed by atoms with van der Waals surface area (Å²) >= 11 is 1.45. The SMILES string of the molecule is CSCC[C@@H](NS(=O)(=O)c1ccc2ccccc2c1)C(=O)[O-].